The van der Waals surface area contributed by atoms with Crippen LogP contribution in [0.25, 0.3) is 10.2 Å². The summed E-state index contributed by atoms with van der Waals surface area (Å²) in [6.45, 7) is 0. The molecule has 1 aromatic heterocycles. The Morgan fingerprint density at radius 1 is 1.16 bits per heavy atom. The van der Waals surface area contributed by atoms with Crippen LogP contribution in [0, 0.1) is 0 Å². The topological polar surface area (TPSA) is 74.3 Å². The van der Waals surface area contributed by atoms with Gasteiger partial charge in [0.2, 0.25) is 5.91 Å². The highest BCUT2D eigenvalue weighted by Crippen LogP contribution is 2.27. The number of rotatable bonds is 4. The van der Waals surface area contributed by atoms with Gasteiger partial charge in [-0.15, -0.1) is 0 Å². The van der Waals surface area contributed by atoms with E-state index in [2.05, 4.69) is 15.8 Å². The predicted octanol–water partition coefficient (Wildman–Crippen LogP) is 3.20. The molecule has 2 N–H and O–H groups in total. The summed E-state index contributed by atoms with van der Waals surface area (Å²) in [7, 11) is 0. The van der Waals surface area contributed by atoms with E-state index < -0.39 is 6.04 Å². The van der Waals surface area contributed by atoms with Crippen LogP contribution < -0.4 is 15.8 Å². The lowest BCUT2D eigenvalue weighted by Gasteiger charge is -2.15. The van der Waals surface area contributed by atoms with Crippen LogP contribution in [-0.2, 0) is 9.59 Å². The average Bonchev–Trinajstić information content (AvgIpc) is 3.13. The molecule has 25 heavy (non-hydrogen) atoms. The third kappa shape index (κ3) is 3.09. The fourth-order valence-electron chi connectivity index (χ4n) is 2.71. The largest absolute Gasteiger partial charge is 0.296 e. The molecule has 0 spiro atoms. The Kier molecular flexibility index (Phi) is 4.12. The van der Waals surface area contributed by atoms with Crippen molar-refractivity contribution >= 4 is 55.8 Å². The van der Waals surface area contributed by atoms with Crippen LogP contribution in [0.1, 0.15) is 6.42 Å². The van der Waals surface area contributed by atoms with Crippen LogP contribution in [0.4, 0.5) is 10.8 Å². The van der Waals surface area contributed by atoms with E-state index in [1.54, 1.807) is 24.3 Å². The highest BCUT2D eigenvalue weighted by molar-refractivity contribution is 7.22. The van der Waals surface area contributed by atoms with Crippen molar-refractivity contribution in [1.29, 1.82) is 0 Å². The first kappa shape index (κ1) is 16.0. The molecule has 2 heterocycles. The Morgan fingerprint density at radius 2 is 2.00 bits per heavy atom. The molecule has 4 rings (SSSR count). The zero-order valence-corrected chi connectivity index (χ0v) is 14.5. The summed E-state index contributed by atoms with van der Waals surface area (Å²) in [5.74, 6) is -0.586. The van der Waals surface area contributed by atoms with Gasteiger partial charge in [-0.05, 0) is 30.3 Å². The van der Waals surface area contributed by atoms with Gasteiger partial charge in [0, 0.05) is 5.02 Å². The molecule has 0 radical (unpaired) electrons. The molecule has 1 atom stereocenters. The van der Waals surface area contributed by atoms with E-state index >= 15 is 0 Å². The number of thiazole rings is 1. The minimum absolute atomic E-state index is 0.0727. The lowest BCUT2D eigenvalue weighted by atomic mass is 10.2. The third-order valence-electron chi connectivity index (χ3n) is 3.86. The zero-order chi connectivity index (χ0) is 17.4. The molecule has 1 fully saturated rings. The molecule has 3 aromatic rings. The highest BCUT2D eigenvalue weighted by Gasteiger charge is 2.39. The van der Waals surface area contributed by atoms with Crippen LogP contribution in [0.15, 0.2) is 48.5 Å². The number of benzene rings is 2. The van der Waals surface area contributed by atoms with Gasteiger partial charge < -0.3 is 0 Å². The molecule has 2 aromatic carbocycles. The van der Waals surface area contributed by atoms with Crippen molar-refractivity contribution < 1.29 is 9.59 Å². The molecule has 0 saturated carbocycles. The van der Waals surface area contributed by atoms with Gasteiger partial charge in [-0.25, -0.2) is 15.3 Å². The number of aromatic nitrogens is 1. The van der Waals surface area contributed by atoms with Gasteiger partial charge in [-0.3, -0.25) is 15.0 Å². The number of nitrogens with one attached hydrogen (secondary N) is 2. The number of fused-ring (bicyclic) bond motifs is 1. The number of hydrogen-bond acceptors (Lipinski definition) is 6. The third-order valence-corrected chi connectivity index (χ3v) is 5.05. The first-order valence-corrected chi connectivity index (χ1v) is 8.81. The molecule has 1 aliphatic rings. The van der Waals surface area contributed by atoms with Crippen LogP contribution >= 0.6 is 22.9 Å². The molecule has 1 aliphatic heterocycles. The van der Waals surface area contributed by atoms with E-state index in [-0.39, 0.29) is 18.2 Å². The van der Waals surface area contributed by atoms with Gasteiger partial charge in [0.15, 0.2) is 5.13 Å². The van der Waals surface area contributed by atoms with Crippen LogP contribution in [0.3, 0.4) is 0 Å². The minimum Gasteiger partial charge on any atom is -0.296 e. The number of hydrazine groups is 1. The van der Waals surface area contributed by atoms with Crippen molar-refractivity contribution in [2.24, 2.45) is 0 Å². The van der Waals surface area contributed by atoms with Gasteiger partial charge in [0.1, 0.15) is 6.04 Å². The van der Waals surface area contributed by atoms with Crippen molar-refractivity contribution in [3.05, 3.63) is 53.6 Å². The average molecular weight is 373 g/mol. The number of amides is 2. The summed E-state index contributed by atoms with van der Waals surface area (Å²) in [6, 6.07) is 13.8. The molecular weight excluding hydrogens is 360 g/mol. The molecule has 0 unspecified atom stereocenters. The quantitative estimate of drug-likeness (QED) is 0.543. The van der Waals surface area contributed by atoms with E-state index in [1.807, 2.05) is 24.3 Å². The molecule has 6 nitrogen and oxygen atoms in total. The van der Waals surface area contributed by atoms with Crippen molar-refractivity contribution in [2.75, 3.05) is 10.3 Å². The first-order valence-electron chi connectivity index (χ1n) is 7.61. The highest BCUT2D eigenvalue weighted by atomic mass is 35.5. The number of carbonyl (C=O) groups excluding carboxylic acids is 2. The Bertz CT molecular complexity index is 941. The number of para-hydroxylation sites is 1. The lowest BCUT2D eigenvalue weighted by Crippen LogP contribution is -2.41. The van der Waals surface area contributed by atoms with Crippen molar-refractivity contribution in [3.63, 3.8) is 0 Å². The standard InChI is InChI=1S/C17H13ClN4O2S/c18-10-4-3-5-11(8-10)22-15(23)9-13(16(22)24)20-21-17-19-12-6-1-2-7-14(12)25-17/h1-8,13,20H,9H2,(H,19,21)/t13-/m1/s1. The zero-order valence-electron chi connectivity index (χ0n) is 12.9. The second kappa shape index (κ2) is 6.44. The summed E-state index contributed by atoms with van der Waals surface area (Å²) in [5.41, 5.74) is 7.21. The maximum Gasteiger partial charge on any atom is 0.253 e. The molecule has 1 saturated heterocycles. The van der Waals surface area contributed by atoms with E-state index in [9.17, 15) is 9.59 Å². The number of anilines is 2. The van der Waals surface area contributed by atoms with Crippen molar-refractivity contribution in [2.45, 2.75) is 12.5 Å². The second-order valence-electron chi connectivity index (χ2n) is 5.56. The Balaban J connectivity index is 1.48. The number of hydrogen-bond donors (Lipinski definition) is 2. The summed E-state index contributed by atoms with van der Waals surface area (Å²) in [5, 5.41) is 1.12. The first-order chi connectivity index (χ1) is 12.1. The van der Waals surface area contributed by atoms with Gasteiger partial charge in [-0.2, -0.15) is 0 Å². The van der Waals surface area contributed by atoms with Crippen molar-refractivity contribution in [3.8, 4) is 0 Å². The number of nitrogens with zero attached hydrogens (tertiary/aromatic N) is 2. The summed E-state index contributed by atoms with van der Waals surface area (Å²) in [6.07, 6.45) is 0.0727. The van der Waals surface area contributed by atoms with Gasteiger partial charge in [0.05, 0.1) is 22.3 Å². The van der Waals surface area contributed by atoms with E-state index in [4.69, 9.17) is 11.6 Å². The van der Waals surface area contributed by atoms with E-state index in [0.29, 0.717) is 15.8 Å². The molecule has 2 amide bonds. The van der Waals surface area contributed by atoms with E-state index in [0.717, 1.165) is 15.1 Å². The fraction of sp³-hybridized carbons (Fsp3) is 0.118. The molecule has 0 bridgehead atoms. The van der Waals surface area contributed by atoms with E-state index in [1.165, 1.54) is 11.3 Å². The monoisotopic (exact) mass is 372 g/mol. The Hall–Kier alpha value is -2.48. The van der Waals surface area contributed by atoms with Crippen LogP contribution in [-0.4, -0.2) is 22.8 Å². The summed E-state index contributed by atoms with van der Waals surface area (Å²) >= 11 is 7.42. The van der Waals surface area contributed by atoms with Gasteiger partial charge >= 0.3 is 0 Å². The summed E-state index contributed by atoms with van der Waals surface area (Å²) < 4.78 is 1.04. The van der Waals surface area contributed by atoms with Crippen molar-refractivity contribution in [1.82, 2.24) is 10.4 Å². The lowest BCUT2D eigenvalue weighted by molar-refractivity contribution is -0.121. The summed E-state index contributed by atoms with van der Waals surface area (Å²) in [4.78, 5) is 30.4. The second-order valence-corrected chi connectivity index (χ2v) is 7.03. The molecular formula is C17H13ClN4O2S. The van der Waals surface area contributed by atoms with Crippen LogP contribution in [0.2, 0.25) is 5.02 Å². The predicted molar refractivity (Wildman–Crippen MR) is 98.7 cm³/mol. The molecule has 8 heteroatoms. The Labute approximate surface area is 152 Å². The number of carbonyl (C=O) groups is 2. The van der Waals surface area contributed by atoms with Gasteiger partial charge in [-0.1, -0.05) is 41.1 Å². The molecule has 0 aliphatic carbocycles. The smallest absolute Gasteiger partial charge is 0.253 e. The van der Waals surface area contributed by atoms with Crippen LogP contribution in [0.5, 0.6) is 0 Å². The fourth-order valence-corrected chi connectivity index (χ4v) is 3.72. The number of imide groups is 1. The van der Waals surface area contributed by atoms with Gasteiger partial charge in [0.25, 0.3) is 5.91 Å². The maximum atomic E-state index is 12.6. The normalized spacial score (nSPS) is 17.5. The maximum absolute atomic E-state index is 12.6. The SMILES string of the molecule is O=C1C[C@@H](NNc2nc3ccccc3s2)C(=O)N1c1cccc(Cl)c1. The molecule has 126 valence electrons. The Morgan fingerprint density at radius 3 is 2.80 bits per heavy atom. The minimum atomic E-state index is -0.654. The number of halogens is 1.